The normalized spacial score (nSPS) is 14.8. The highest BCUT2D eigenvalue weighted by Crippen LogP contribution is 2.36. The van der Waals surface area contributed by atoms with Crippen LogP contribution in [0.25, 0.3) is 0 Å². The molecule has 0 spiro atoms. The number of hydrogen-bond acceptors (Lipinski definition) is 7. The van der Waals surface area contributed by atoms with E-state index in [1.165, 1.54) is 26.4 Å². The standard InChI is InChI=1S/C33H34F3N3O5S/c1-42-28-14-13-25(32(19-28)43-2)20-37-45(41,29-17-15-27(16-18-29)44-33(34,35)36)38-21-26(40)22-39-30-9-5-3-7-23(30)11-12-24-8-4-6-10-31(24)39/h3-10,13-19,26,40H,11-12,20-22H2,1-2H3,(H,37,38,41)/t26-,45?/m0/s1. The van der Waals surface area contributed by atoms with E-state index < -0.39 is 28.1 Å². The van der Waals surface area contributed by atoms with E-state index in [1.54, 1.807) is 18.2 Å². The summed E-state index contributed by atoms with van der Waals surface area (Å²) < 4.78 is 74.8. The maximum absolute atomic E-state index is 14.4. The van der Waals surface area contributed by atoms with E-state index in [4.69, 9.17) is 9.47 Å². The van der Waals surface area contributed by atoms with E-state index >= 15 is 0 Å². The van der Waals surface area contributed by atoms with Crippen LogP contribution < -0.4 is 23.8 Å². The maximum atomic E-state index is 14.4. The van der Waals surface area contributed by atoms with E-state index in [-0.39, 0.29) is 24.5 Å². The first-order valence-corrected chi connectivity index (χ1v) is 15.8. The Bertz CT molecular complexity index is 1690. The molecule has 5 rings (SSSR count). The Morgan fingerprint density at radius 3 is 2.07 bits per heavy atom. The number of anilines is 2. The zero-order chi connectivity index (χ0) is 32.0. The third kappa shape index (κ3) is 7.88. The molecule has 12 heteroatoms. The van der Waals surface area contributed by atoms with Crippen molar-refractivity contribution in [3.8, 4) is 17.2 Å². The molecule has 4 aromatic carbocycles. The minimum atomic E-state index is -4.87. The van der Waals surface area contributed by atoms with Crippen molar-refractivity contribution >= 4 is 21.3 Å². The first-order chi connectivity index (χ1) is 21.6. The van der Waals surface area contributed by atoms with E-state index in [0.717, 1.165) is 47.5 Å². The Morgan fingerprint density at radius 2 is 1.49 bits per heavy atom. The Morgan fingerprint density at radius 1 is 0.889 bits per heavy atom. The lowest BCUT2D eigenvalue weighted by Crippen LogP contribution is -2.39. The molecular formula is C33H34F3N3O5S. The van der Waals surface area contributed by atoms with Gasteiger partial charge in [0.2, 0.25) is 0 Å². The lowest BCUT2D eigenvalue weighted by molar-refractivity contribution is -0.274. The molecule has 1 heterocycles. The van der Waals surface area contributed by atoms with Crippen LogP contribution in [-0.2, 0) is 29.3 Å². The molecule has 0 radical (unpaired) electrons. The second-order valence-electron chi connectivity index (χ2n) is 10.4. The van der Waals surface area contributed by atoms with Gasteiger partial charge in [-0.15, -0.1) is 13.2 Å². The first-order valence-electron chi connectivity index (χ1n) is 14.2. The summed E-state index contributed by atoms with van der Waals surface area (Å²) in [7, 11) is -0.446. The fourth-order valence-corrected chi connectivity index (χ4v) is 6.87. The van der Waals surface area contributed by atoms with E-state index in [9.17, 15) is 22.5 Å². The van der Waals surface area contributed by atoms with Gasteiger partial charge >= 0.3 is 6.36 Å². The largest absolute Gasteiger partial charge is 0.573 e. The van der Waals surface area contributed by atoms with Crippen LogP contribution in [0.1, 0.15) is 16.7 Å². The van der Waals surface area contributed by atoms with Crippen molar-refractivity contribution in [3.05, 3.63) is 108 Å². The second kappa shape index (κ2) is 13.8. The van der Waals surface area contributed by atoms with Gasteiger partial charge < -0.3 is 24.2 Å². The van der Waals surface area contributed by atoms with Gasteiger partial charge in [0.1, 0.15) is 27.2 Å². The molecule has 2 atom stereocenters. The summed E-state index contributed by atoms with van der Waals surface area (Å²) in [5.74, 6) is 0.574. The summed E-state index contributed by atoms with van der Waals surface area (Å²) in [6.07, 6.45) is -4.16. The molecule has 1 unspecified atom stereocenters. The highest BCUT2D eigenvalue weighted by molar-refractivity contribution is 7.91. The van der Waals surface area contributed by atoms with Gasteiger partial charge in [0.25, 0.3) is 0 Å². The fourth-order valence-electron chi connectivity index (χ4n) is 5.22. The molecule has 4 aromatic rings. The molecule has 0 amide bonds. The molecule has 8 nitrogen and oxygen atoms in total. The number of aliphatic hydroxyl groups is 1. The Balaban J connectivity index is 1.42. The van der Waals surface area contributed by atoms with Crippen LogP contribution in [-0.4, -0.2) is 49.1 Å². The predicted octanol–water partition coefficient (Wildman–Crippen LogP) is 6.43. The summed E-state index contributed by atoms with van der Waals surface area (Å²) in [5.41, 5.74) is 4.89. The summed E-state index contributed by atoms with van der Waals surface area (Å²) >= 11 is 0. The lowest BCUT2D eigenvalue weighted by atomic mass is 10.0. The van der Waals surface area contributed by atoms with Crippen molar-refractivity contribution in [2.24, 2.45) is 4.36 Å². The fraction of sp³-hybridized carbons (Fsp3) is 0.273. The van der Waals surface area contributed by atoms with Crippen molar-refractivity contribution < 1.29 is 36.7 Å². The van der Waals surface area contributed by atoms with E-state index in [2.05, 4.69) is 30.9 Å². The number of hydrogen-bond donors (Lipinski definition) is 2. The average Bonchev–Trinajstić information content (AvgIpc) is 3.19. The average molecular weight is 642 g/mol. The maximum Gasteiger partial charge on any atom is 0.573 e. The third-order valence-electron chi connectivity index (χ3n) is 7.42. The number of β-amino-alcohol motifs (C(OH)–C–C–N with tert-alkyl or cyclic N) is 1. The molecular weight excluding hydrogens is 607 g/mol. The SMILES string of the molecule is COc1ccc(CN=S(=O)(NC[C@H](O)CN2c3ccccc3CCc3ccccc32)c2ccc(OC(F)(F)F)cc2)c(OC)c1. The smallest absolute Gasteiger partial charge is 0.497 e. The third-order valence-corrected chi connectivity index (χ3v) is 9.39. The number of fused-ring (bicyclic) bond motifs is 2. The number of benzene rings is 4. The van der Waals surface area contributed by atoms with E-state index in [1.807, 2.05) is 36.4 Å². The zero-order valence-electron chi connectivity index (χ0n) is 24.8. The molecule has 45 heavy (non-hydrogen) atoms. The Kier molecular flexibility index (Phi) is 9.86. The molecule has 1 aliphatic heterocycles. The van der Waals surface area contributed by atoms with Crippen LogP contribution in [0.5, 0.6) is 17.2 Å². The van der Waals surface area contributed by atoms with Crippen LogP contribution in [0.4, 0.5) is 24.5 Å². The molecule has 0 saturated heterocycles. The monoisotopic (exact) mass is 641 g/mol. The van der Waals surface area contributed by atoms with Gasteiger partial charge in [-0.3, -0.25) is 0 Å². The second-order valence-corrected chi connectivity index (χ2v) is 12.5. The molecule has 0 bridgehead atoms. The summed E-state index contributed by atoms with van der Waals surface area (Å²) in [6, 6.07) is 25.9. The zero-order valence-corrected chi connectivity index (χ0v) is 25.6. The molecule has 0 aliphatic carbocycles. The van der Waals surface area contributed by atoms with Gasteiger partial charge in [-0.05, 0) is 72.5 Å². The topological polar surface area (TPSA) is 92.6 Å². The number of aryl methyl sites for hydroxylation is 2. The Labute approximate surface area is 260 Å². The molecule has 0 aromatic heterocycles. The van der Waals surface area contributed by atoms with Crippen molar-refractivity contribution in [2.75, 3.05) is 32.2 Å². The van der Waals surface area contributed by atoms with E-state index in [0.29, 0.717) is 17.1 Å². The van der Waals surface area contributed by atoms with Crippen molar-refractivity contribution in [1.29, 1.82) is 0 Å². The quantitative estimate of drug-likeness (QED) is 0.196. The number of nitrogens with zero attached hydrogens (tertiary/aromatic N) is 2. The van der Waals surface area contributed by atoms with Crippen molar-refractivity contribution in [3.63, 3.8) is 0 Å². The van der Waals surface area contributed by atoms with Crippen LogP contribution in [0.15, 0.2) is 100 Å². The van der Waals surface area contributed by atoms with Gasteiger partial charge in [-0.25, -0.2) is 13.3 Å². The molecule has 0 saturated carbocycles. The minimum absolute atomic E-state index is 0.0528. The van der Waals surface area contributed by atoms with Crippen LogP contribution in [0.3, 0.4) is 0 Å². The van der Waals surface area contributed by atoms with Crippen molar-refractivity contribution in [2.45, 2.75) is 36.7 Å². The Hall–Kier alpha value is -4.26. The number of alkyl halides is 3. The number of halogens is 3. The van der Waals surface area contributed by atoms with Crippen LogP contribution >= 0.6 is 0 Å². The number of para-hydroxylation sites is 2. The molecule has 1 aliphatic rings. The molecule has 238 valence electrons. The van der Waals surface area contributed by atoms with Gasteiger partial charge in [0, 0.05) is 29.5 Å². The highest BCUT2D eigenvalue weighted by Gasteiger charge is 2.31. The van der Waals surface area contributed by atoms with Gasteiger partial charge in [-0.1, -0.05) is 36.4 Å². The van der Waals surface area contributed by atoms with Gasteiger partial charge in [-0.2, -0.15) is 0 Å². The summed E-state index contributed by atoms with van der Waals surface area (Å²) in [5, 5.41) is 11.3. The van der Waals surface area contributed by atoms with Gasteiger partial charge in [0.05, 0.1) is 38.3 Å². The first kappa shape index (κ1) is 32.1. The highest BCUT2D eigenvalue weighted by atomic mass is 32.2. The number of rotatable bonds is 11. The summed E-state index contributed by atoms with van der Waals surface area (Å²) in [4.78, 5) is 2.19. The number of ether oxygens (including phenoxy) is 3. The molecule has 0 fully saturated rings. The minimum Gasteiger partial charge on any atom is -0.497 e. The number of aliphatic hydroxyl groups excluding tert-OH is 1. The van der Waals surface area contributed by atoms with Crippen LogP contribution in [0, 0.1) is 0 Å². The summed E-state index contributed by atoms with van der Waals surface area (Å²) in [6.45, 7) is 0.0215. The lowest BCUT2D eigenvalue weighted by Gasteiger charge is -2.29. The number of methoxy groups -OCH3 is 2. The molecule has 2 N–H and O–H groups in total. The predicted molar refractivity (Wildman–Crippen MR) is 167 cm³/mol. The number of nitrogens with one attached hydrogen (secondary N) is 1. The van der Waals surface area contributed by atoms with Gasteiger partial charge in [0.15, 0.2) is 0 Å². The van der Waals surface area contributed by atoms with Crippen LogP contribution in [0.2, 0.25) is 0 Å². The van der Waals surface area contributed by atoms with Crippen molar-refractivity contribution in [1.82, 2.24) is 4.72 Å².